The molecule has 0 aromatic heterocycles. The minimum atomic E-state index is -5.04. The van der Waals surface area contributed by atoms with E-state index in [1.165, 1.54) is 66.7 Å². The first-order valence-corrected chi connectivity index (χ1v) is 28.3. The lowest BCUT2D eigenvalue weighted by Crippen LogP contribution is -2.08. The van der Waals surface area contributed by atoms with E-state index in [1.54, 1.807) is 26.8 Å². The molecule has 25 nitrogen and oxygen atoms in total. The second kappa shape index (κ2) is 20.5. The molecule has 0 unspecified atom stereocenters. The van der Waals surface area contributed by atoms with Crippen molar-refractivity contribution in [2.75, 3.05) is 23.4 Å². The number of fused-ring (bicyclic) bond motifs is 2. The summed E-state index contributed by atoms with van der Waals surface area (Å²) in [6, 6.07) is 20.5. The zero-order valence-electron chi connectivity index (χ0n) is 38.3. The van der Waals surface area contributed by atoms with Crippen LogP contribution in [-0.4, -0.2) is 82.3 Å². The number of hydrogen-bond donors (Lipinski definition) is 8. The fourth-order valence-electron chi connectivity index (χ4n) is 7.15. The van der Waals surface area contributed by atoms with Gasteiger partial charge in [-0.2, -0.15) is 62.5 Å². The Kier molecular flexibility index (Phi) is 15.1. The van der Waals surface area contributed by atoms with Gasteiger partial charge in [0.2, 0.25) is 0 Å². The Morgan fingerprint density at radius 2 is 1.07 bits per heavy atom. The average molecular weight is 1110 g/mol. The van der Waals surface area contributed by atoms with E-state index in [2.05, 4.69) is 36.0 Å². The number of nitrogens with two attached hydrogens (primary N) is 1. The Labute approximate surface area is 421 Å². The predicted octanol–water partition coefficient (Wildman–Crippen LogP) is 9.84. The lowest BCUT2D eigenvalue weighted by molar-refractivity contribution is 0.317. The summed E-state index contributed by atoms with van der Waals surface area (Å²) in [6.07, 6.45) is -0.141. The van der Waals surface area contributed by atoms with Crippen molar-refractivity contribution in [3.05, 3.63) is 114 Å². The number of nitrogen functional groups attached to an aromatic ring is 1. The Hall–Kier alpha value is -7.39. The summed E-state index contributed by atoms with van der Waals surface area (Å²) in [6.45, 7) is 4.66. The van der Waals surface area contributed by atoms with Crippen LogP contribution in [0, 0.1) is 20.8 Å². The normalized spacial score (nSPS) is 13.0. The molecular formula is C44H40N8O17S5. The number of nitrogens with zero attached hydrogens (tertiary/aromatic N) is 6. The van der Waals surface area contributed by atoms with Gasteiger partial charge in [-0.05, 0) is 140 Å². The highest BCUT2D eigenvalue weighted by Crippen LogP contribution is 2.44. The maximum Gasteiger partial charge on any atom is 0.296 e. The summed E-state index contributed by atoms with van der Waals surface area (Å²) >= 11 is 0. The summed E-state index contributed by atoms with van der Waals surface area (Å²) in [5, 5.41) is 39.6. The molecule has 0 aliphatic rings. The number of rotatable bonds is 17. The van der Waals surface area contributed by atoms with Crippen LogP contribution in [0.2, 0.25) is 0 Å². The number of phenols is 1. The second-order valence-electron chi connectivity index (χ2n) is 16.2. The van der Waals surface area contributed by atoms with E-state index in [0.717, 1.165) is 18.2 Å². The van der Waals surface area contributed by atoms with Gasteiger partial charge in [-0.25, -0.2) is 0 Å². The number of phenolic OH excluding ortho intramolecular Hbond substituents is 1. The van der Waals surface area contributed by atoms with Gasteiger partial charge in [-0.15, -0.1) is 10.2 Å². The molecule has 0 saturated heterocycles. The molecule has 0 saturated carbocycles. The quantitative estimate of drug-likeness (QED) is 0.0182. The van der Waals surface area contributed by atoms with E-state index in [-0.39, 0.29) is 80.1 Å². The van der Waals surface area contributed by atoms with Crippen LogP contribution in [0.25, 0.3) is 21.5 Å². The molecular weight excluding hydrogens is 1070 g/mol. The largest absolute Gasteiger partial charge is 0.505 e. The van der Waals surface area contributed by atoms with Gasteiger partial charge >= 0.3 is 0 Å². The van der Waals surface area contributed by atoms with Crippen molar-refractivity contribution in [3.8, 4) is 11.5 Å². The Balaban J connectivity index is 1.18. The molecule has 0 fully saturated rings. The van der Waals surface area contributed by atoms with E-state index in [1.807, 2.05) is 0 Å². The number of nitrogens with one attached hydrogen (secondary N) is 1. The molecule has 388 valence electrons. The molecule has 7 aromatic rings. The van der Waals surface area contributed by atoms with Crippen molar-refractivity contribution in [2.24, 2.45) is 30.7 Å². The SMILES string of the molecule is Cc1cc(N=Nc2cc(C)c(N=Nc3c(S(=O)(=O)O)cc4cc(Nc5ccc(N)c(S(=O)(=O)O)c5)ccc4c3O)cc2C)c(OCCCS(=O)(=O)O)cc1N=Nc1ccc2cc(S(=O)(=O)O)cc(S(=O)(=O)O)c2c1. The highest BCUT2D eigenvalue weighted by atomic mass is 32.2. The smallest absolute Gasteiger partial charge is 0.296 e. The minimum absolute atomic E-state index is 0.0195. The second-order valence-corrected chi connectivity index (χ2v) is 23.4. The fraction of sp³-hybridized carbons (Fsp3) is 0.136. The number of benzene rings is 7. The van der Waals surface area contributed by atoms with Crippen molar-refractivity contribution in [2.45, 2.75) is 46.8 Å². The maximum absolute atomic E-state index is 12.6. The van der Waals surface area contributed by atoms with Crippen LogP contribution < -0.4 is 15.8 Å². The third kappa shape index (κ3) is 12.9. The van der Waals surface area contributed by atoms with Gasteiger partial charge in [0.05, 0.1) is 45.7 Å². The van der Waals surface area contributed by atoms with Gasteiger partial charge < -0.3 is 20.9 Å². The van der Waals surface area contributed by atoms with Gasteiger partial charge in [-0.3, -0.25) is 22.8 Å². The van der Waals surface area contributed by atoms with Crippen LogP contribution in [0.15, 0.2) is 147 Å². The van der Waals surface area contributed by atoms with Gasteiger partial charge in [0.15, 0.2) is 5.75 Å². The summed E-state index contributed by atoms with van der Waals surface area (Å²) in [4.78, 5) is -2.95. The monoisotopic (exact) mass is 1110 g/mol. The Bertz CT molecular complexity index is 4150. The van der Waals surface area contributed by atoms with Gasteiger partial charge in [0.1, 0.15) is 31.8 Å². The maximum atomic E-state index is 12.6. The number of azo groups is 3. The number of aryl methyl sites for hydroxylation is 3. The van der Waals surface area contributed by atoms with Crippen molar-refractivity contribution in [3.63, 3.8) is 0 Å². The summed E-state index contributed by atoms with van der Waals surface area (Å²) in [7, 11) is -23.9. The van der Waals surface area contributed by atoms with Crippen LogP contribution in [0.5, 0.6) is 11.5 Å². The summed E-state index contributed by atoms with van der Waals surface area (Å²) < 4.78 is 174. The molecule has 7 aromatic carbocycles. The average Bonchev–Trinajstić information content (AvgIpc) is 3.29. The van der Waals surface area contributed by atoms with Crippen molar-refractivity contribution < 1.29 is 74.7 Å². The minimum Gasteiger partial charge on any atom is -0.505 e. The van der Waals surface area contributed by atoms with E-state index in [4.69, 9.17) is 10.5 Å². The van der Waals surface area contributed by atoms with Crippen LogP contribution in [0.1, 0.15) is 23.1 Å². The first kappa shape index (κ1) is 54.4. The van der Waals surface area contributed by atoms with Crippen LogP contribution in [0.4, 0.5) is 51.2 Å². The van der Waals surface area contributed by atoms with Gasteiger partial charge in [0, 0.05) is 28.2 Å². The van der Waals surface area contributed by atoms with E-state index in [9.17, 15) is 70.0 Å². The topological polar surface area (TPSA) is 414 Å². The molecule has 0 atom stereocenters. The number of ether oxygens (including phenoxy) is 1. The van der Waals surface area contributed by atoms with E-state index in [0.29, 0.717) is 28.4 Å². The molecule has 30 heteroatoms. The lowest BCUT2D eigenvalue weighted by atomic mass is 10.1. The molecule has 0 heterocycles. The molecule has 0 amide bonds. The zero-order valence-corrected chi connectivity index (χ0v) is 42.4. The molecule has 7 rings (SSSR count). The molecule has 0 aliphatic heterocycles. The summed E-state index contributed by atoms with van der Waals surface area (Å²) in [5.41, 5.74) is 7.52. The molecule has 0 bridgehead atoms. The van der Waals surface area contributed by atoms with Gasteiger partial charge in [0.25, 0.3) is 50.6 Å². The number of aromatic hydroxyl groups is 1. The van der Waals surface area contributed by atoms with Crippen LogP contribution >= 0.6 is 0 Å². The molecule has 0 aliphatic carbocycles. The lowest BCUT2D eigenvalue weighted by Gasteiger charge is -2.13. The van der Waals surface area contributed by atoms with Crippen LogP contribution in [-0.2, 0) is 50.6 Å². The van der Waals surface area contributed by atoms with E-state index < -0.39 is 87.4 Å². The Morgan fingerprint density at radius 3 is 1.68 bits per heavy atom. The van der Waals surface area contributed by atoms with Crippen molar-refractivity contribution in [1.82, 2.24) is 0 Å². The van der Waals surface area contributed by atoms with Crippen molar-refractivity contribution in [1.29, 1.82) is 0 Å². The first-order valence-electron chi connectivity index (χ1n) is 20.9. The fourth-order valence-corrected chi connectivity index (χ4v) is 10.3. The number of anilines is 3. The zero-order chi connectivity index (χ0) is 54.3. The molecule has 0 radical (unpaired) electrons. The van der Waals surface area contributed by atoms with Gasteiger partial charge in [-0.1, -0.05) is 6.07 Å². The first-order chi connectivity index (χ1) is 34.4. The molecule has 9 N–H and O–H groups in total. The summed E-state index contributed by atoms with van der Waals surface area (Å²) in [5.74, 6) is -1.26. The molecule has 74 heavy (non-hydrogen) atoms. The van der Waals surface area contributed by atoms with E-state index >= 15 is 0 Å². The Morgan fingerprint density at radius 1 is 0.514 bits per heavy atom. The predicted molar refractivity (Wildman–Crippen MR) is 269 cm³/mol. The number of hydrogen-bond acceptors (Lipinski definition) is 20. The van der Waals surface area contributed by atoms with Crippen molar-refractivity contribution >= 4 is 123 Å². The highest BCUT2D eigenvalue weighted by molar-refractivity contribution is 7.87. The third-order valence-corrected chi connectivity index (χ3v) is 15.1. The third-order valence-electron chi connectivity index (χ3n) is 10.8. The van der Waals surface area contributed by atoms with Crippen LogP contribution in [0.3, 0.4) is 0 Å². The highest BCUT2D eigenvalue weighted by Gasteiger charge is 2.24. The molecule has 0 spiro atoms. The standard InChI is InChI=1S/C44H40N8O17S5/c1-23-14-36(50-52-43-42(74(66,67)68)18-27-16-28(7-9-32(27)44(43)53)46-29-8-10-34(45)41(20-29)73(63,64)65)24(2)13-35(23)49-51-38-15-25(3)37(22-39(38)69-11-4-12-70(54,55)56)48-47-30-6-5-26-17-31(71(57,58)59)21-40(33(26)19-30)72(60,61)62/h5-10,13-22,46,53H,4,11-12,45H2,1-3H3,(H,54,55,56)(H,57,58,59)(H,60,61,62)(H,63,64,65)(H,66,67,68).